The number of anilines is 1. The summed E-state index contributed by atoms with van der Waals surface area (Å²) in [6.07, 6.45) is 5.10. The third-order valence-electron chi connectivity index (χ3n) is 6.77. The predicted molar refractivity (Wildman–Crippen MR) is 129 cm³/mol. The van der Waals surface area contributed by atoms with Crippen molar-refractivity contribution in [3.05, 3.63) is 78.3 Å². The van der Waals surface area contributed by atoms with Crippen LogP contribution < -0.4 is 4.90 Å². The van der Waals surface area contributed by atoms with Gasteiger partial charge in [-0.15, -0.1) is 10.2 Å². The molecule has 1 aliphatic rings. The molecule has 0 spiro atoms. The summed E-state index contributed by atoms with van der Waals surface area (Å²) < 4.78 is 29.8. The molecule has 2 atom stereocenters. The van der Waals surface area contributed by atoms with Gasteiger partial charge in [0.15, 0.2) is 5.82 Å². The Labute approximate surface area is 212 Å². The van der Waals surface area contributed by atoms with E-state index in [4.69, 9.17) is 0 Å². The van der Waals surface area contributed by atoms with E-state index < -0.39 is 23.3 Å². The number of aromatic nitrogens is 8. The Hall–Kier alpha value is -3.84. The predicted octanol–water partition coefficient (Wildman–Crippen LogP) is 1.45. The van der Waals surface area contributed by atoms with Crippen molar-refractivity contribution in [3.8, 4) is 0 Å². The fourth-order valence-electron chi connectivity index (χ4n) is 4.55. The summed E-state index contributed by atoms with van der Waals surface area (Å²) in [5.74, 6) is -0.114. The first-order chi connectivity index (χ1) is 17.9. The summed E-state index contributed by atoms with van der Waals surface area (Å²) in [7, 11) is 0. The zero-order chi connectivity index (χ0) is 25.8. The molecule has 4 aromatic rings. The number of halogens is 2. The van der Waals surface area contributed by atoms with Gasteiger partial charge in [0.05, 0.1) is 6.54 Å². The highest BCUT2D eigenvalue weighted by molar-refractivity contribution is 5.38. The van der Waals surface area contributed by atoms with Gasteiger partial charge in [-0.25, -0.2) is 23.4 Å². The highest BCUT2D eigenvalue weighted by Crippen LogP contribution is 2.35. The van der Waals surface area contributed by atoms with Gasteiger partial charge in [0.2, 0.25) is 0 Å². The highest BCUT2D eigenvalue weighted by Gasteiger charge is 2.41. The van der Waals surface area contributed by atoms with Crippen LogP contribution in [-0.4, -0.2) is 82.7 Å². The van der Waals surface area contributed by atoms with E-state index >= 15 is 0 Å². The molecule has 1 saturated heterocycles. The van der Waals surface area contributed by atoms with E-state index in [1.807, 2.05) is 18.2 Å². The number of hydrogen-bond donors (Lipinski definition) is 1. The van der Waals surface area contributed by atoms with Gasteiger partial charge in [-0.3, -0.25) is 4.90 Å². The second-order valence-corrected chi connectivity index (χ2v) is 9.11. The van der Waals surface area contributed by atoms with Crippen molar-refractivity contribution in [2.24, 2.45) is 0 Å². The Kier molecular flexibility index (Phi) is 7.15. The molecule has 194 valence electrons. The van der Waals surface area contributed by atoms with E-state index in [1.165, 1.54) is 28.2 Å². The lowest BCUT2D eigenvalue weighted by Gasteiger charge is -2.35. The molecule has 1 aromatic carbocycles. The molecule has 0 radical (unpaired) electrons. The van der Waals surface area contributed by atoms with Crippen LogP contribution in [0.5, 0.6) is 0 Å². The van der Waals surface area contributed by atoms with Gasteiger partial charge in [-0.1, -0.05) is 12.1 Å². The zero-order valence-corrected chi connectivity index (χ0v) is 20.4. The second kappa shape index (κ2) is 10.6. The maximum absolute atomic E-state index is 14.8. The highest BCUT2D eigenvalue weighted by atomic mass is 19.1. The Morgan fingerprint density at radius 3 is 2.65 bits per heavy atom. The third kappa shape index (κ3) is 5.47. The molecule has 3 aromatic heterocycles. The van der Waals surface area contributed by atoms with E-state index in [9.17, 15) is 13.9 Å². The molecule has 11 nitrogen and oxygen atoms in total. The lowest BCUT2D eigenvalue weighted by molar-refractivity contribution is -0.0418. The number of rotatable bonds is 9. The number of piperazine rings is 1. The molecule has 1 aliphatic heterocycles. The summed E-state index contributed by atoms with van der Waals surface area (Å²) in [6.45, 7) is 5.81. The van der Waals surface area contributed by atoms with Gasteiger partial charge < -0.3 is 10.0 Å². The van der Waals surface area contributed by atoms with Crippen molar-refractivity contribution < 1.29 is 13.9 Å². The van der Waals surface area contributed by atoms with E-state index in [-0.39, 0.29) is 12.1 Å². The van der Waals surface area contributed by atoms with Crippen LogP contribution >= 0.6 is 0 Å². The molecule has 0 amide bonds. The lowest BCUT2D eigenvalue weighted by atomic mass is 9.86. The van der Waals surface area contributed by atoms with Crippen LogP contribution in [0.4, 0.5) is 14.6 Å². The zero-order valence-electron chi connectivity index (χ0n) is 20.4. The van der Waals surface area contributed by atoms with Gasteiger partial charge in [0, 0.05) is 57.0 Å². The topological polar surface area (TPSA) is 114 Å². The van der Waals surface area contributed by atoms with Crippen molar-refractivity contribution >= 4 is 5.82 Å². The minimum atomic E-state index is -1.86. The van der Waals surface area contributed by atoms with Crippen LogP contribution in [0, 0.1) is 11.6 Å². The monoisotopic (exact) mass is 510 g/mol. The molecule has 1 N–H and O–H groups in total. The van der Waals surface area contributed by atoms with E-state index in [0.29, 0.717) is 12.2 Å². The maximum atomic E-state index is 14.8. The molecule has 0 saturated carbocycles. The van der Waals surface area contributed by atoms with E-state index in [0.717, 1.165) is 50.7 Å². The van der Waals surface area contributed by atoms with Crippen LogP contribution in [0.2, 0.25) is 0 Å². The fourth-order valence-corrected chi connectivity index (χ4v) is 4.55. The average molecular weight is 511 g/mol. The van der Waals surface area contributed by atoms with Crippen LogP contribution in [-0.2, 0) is 18.6 Å². The second-order valence-electron chi connectivity index (χ2n) is 9.11. The van der Waals surface area contributed by atoms with E-state index in [1.54, 1.807) is 13.1 Å². The Balaban J connectivity index is 1.26. The van der Waals surface area contributed by atoms with Gasteiger partial charge in [0.25, 0.3) is 0 Å². The SMILES string of the molecule is CC(n1nnc(CCN2CCN(c3ccccn3)CC2)n1)C(O)(Cn1cncn1)c1ccc(F)cc1F. The molecule has 37 heavy (non-hydrogen) atoms. The largest absolute Gasteiger partial charge is 0.381 e. The van der Waals surface area contributed by atoms with Crippen molar-refractivity contribution in [2.75, 3.05) is 37.6 Å². The number of pyridine rings is 1. The first-order valence-electron chi connectivity index (χ1n) is 12.1. The quantitative estimate of drug-likeness (QED) is 0.357. The number of aliphatic hydroxyl groups is 1. The molecule has 2 unspecified atom stereocenters. The maximum Gasteiger partial charge on any atom is 0.176 e. The van der Waals surface area contributed by atoms with Crippen molar-refractivity contribution in [1.82, 2.24) is 44.9 Å². The average Bonchev–Trinajstić information content (AvgIpc) is 3.60. The molecule has 5 rings (SSSR count). The minimum absolute atomic E-state index is 0.0958. The molecule has 1 fully saturated rings. The van der Waals surface area contributed by atoms with Gasteiger partial charge >= 0.3 is 0 Å². The number of tetrazole rings is 1. The van der Waals surface area contributed by atoms with Crippen molar-refractivity contribution in [2.45, 2.75) is 31.5 Å². The Bertz CT molecular complexity index is 1290. The van der Waals surface area contributed by atoms with Crippen molar-refractivity contribution in [1.29, 1.82) is 0 Å². The normalized spacial score (nSPS) is 17.0. The summed E-state index contributed by atoms with van der Waals surface area (Å²) in [6, 6.07) is 8.13. The van der Waals surface area contributed by atoms with E-state index in [2.05, 4.69) is 40.3 Å². The number of hydrogen-bond acceptors (Lipinski definition) is 9. The molecular weight excluding hydrogens is 482 g/mol. The van der Waals surface area contributed by atoms with Crippen molar-refractivity contribution in [3.63, 3.8) is 0 Å². The summed E-state index contributed by atoms with van der Waals surface area (Å²) in [5, 5.41) is 28.5. The van der Waals surface area contributed by atoms with Crippen LogP contribution in [0.15, 0.2) is 55.2 Å². The van der Waals surface area contributed by atoms with Gasteiger partial charge in [-0.05, 0) is 30.3 Å². The summed E-state index contributed by atoms with van der Waals surface area (Å²) in [5.41, 5.74) is -1.95. The number of nitrogens with zero attached hydrogens (tertiary/aromatic N) is 10. The van der Waals surface area contributed by atoms with Crippen LogP contribution in [0.3, 0.4) is 0 Å². The lowest BCUT2D eigenvalue weighted by Crippen LogP contribution is -2.47. The number of benzene rings is 1. The first-order valence-corrected chi connectivity index (χ1v) is 12.1. The molecule has 0 aliphatic carbocycles. The minimum Gasteiger partial charge on any atom is -0.381 e. The Morgan fingerprint density at radius 2 is 1.95 bits per heavy atom. The molecule has 13 heteroatoms. The summed E-state index contributed by atoms with van der Waals surface area (Å²) >= 11 is 0. The van der Waals surface area contributed by atoms with Gasteiger partial charge in [0.1, 0.15) is 41.7 Å². The smallest absolute Gasteiger partial charge is 0.176 e. The fraction of sp³-hybridized carbons (Fsp3) is 0.417. The van der Waals surface area contributed by atoms with Crippen LogP contribution in [0.1, 0.15) is 24.4 Å². The van der Waals surface area contributed by atoms with Crippen LogP contribution in [0.25, 0.3) is 0 Å². The summed E-state index contributed by atoms with van der Waals surface area (Å²) in [4.78, 5) is 14.2. The van der Waals surface area contributed by atoms with Gasteiger partial charge in [-0.2, -0.15) is 9.90 Å². The molecule has 0 bridgehead atoms. The third-order valence-corrected chi connectivity index (χ3v) is 6.77. The standard InChI is InChI=1S/C24H28F2N10O/c1-18(24(37,15-35-17-27-16-29-35)20-6-5-19(25)14-21(20)26)36-31-22(30-32-36)7-9-33-10-12-34(13-11-33)23-4-2-3-8-28-23/h2-6,8,14,16-18,37H,7,9-13,15H2,1H3. The molecular formula is C24H28F2N10O. The molecule has 4 heterocycles. The first kappa shape index (κ1) is 24.8. The Morgan fingerprint density at radius 1 is 1.11 bits per heavy atom.